The van der Waals surface area contributed by atoms with E-state index in [4.69, 9.17) is 9.47 Å². The lowest BCUT2D eigenvalue weighted by Crippen LogP contribution is -2.57. The van der Waals surface area contributed by atoms with E-state index in [9.17, 15) is 14.4 Å². The highest BCUT2D eigenvalue weighted by Crippen LogP contribution is 2.34. The minimum Gasteiger partial charge on any atom is -0.496 e. The summed E-state index contributed by atoms with van der Waals surface area (Å²) in [6.45, 7) is 11.2. The Morgan fingerprint density at radius 1 is 1.09 bits per heavy atom. The molecule has 0 spiro atoms. The van der Waals surface area contributed by atoms with Gasteiger partial charge >= 0.3 is 5.69 Å². The number of likely N-dealkylation sites (tertiary alicyclic amines) is 1. The van der Waals surface area contributed by atoms with Crippen molar-refractivity contribution in [3.05, 3.63) is 74.7 Å². The first-order valence-corrected chi connectivity index (χ1v) is 15.7. The number of fused-ring (bicyclic) bond motifs is 1. The van der Waals surface area contributed by atoms with Crippen LogP contribution < -0.4 is 16.0 Å². The van der Waals surface area contributed by atoms with Crippen LogP contribution >= 0.6 is 11.3 Å². The van der Waals surface area contributed by atoms with Gasteiger partial charge < -0.3 is 14.4 Å². The van der Waals surface area contributed by atoms with Crippen LogP contribution in [-0.2, 0) is 21.6 Å². The maximum atomic E-state index is 14.6. The van der Waals surface area contributed by atoms with Crippen LogP contribution in [0, 0.1) is 12.8 Å². The monoisotopic (exact) mass is 607 g/mol. The third-order valence-electron chi connectivity index (χ3n) is 8.09. The molecule has 1 aromatic carbocycles. The molecule has 0 radical (unpaired) electrons. The maximum absolute atomic E-state index is 14.6. The second kappa shape index (κ2) is 12.5. The van der Waals surface area contributed by atoms with Crippen molar-refractivity contribution in [3.8, 4) is 10.8 Å². The average Bonchev–Trinajstić information content (AvgIpc) is 3.65. The highest BCUT2D eigenvalue weighted by molar-refractivity contribution is 7.21. The van der Waals surface area contributed by atoms with Crippen LogP contribution in [0.2, 0.25) is 0 Å². The number of piperidine rings is 1. The molecule has 0 saturated carbocycles. The number of carbonyl (C=O) groups is 1. The lowest BCUT2D eigenvalue weighted by molar-refractivity contribution is -0.140. The van der Waals surface area contributed by atoms with E-state index in [-0.39, 0.29) is 18.4 Å². The number of ether oxygens (including phenoxy) is 2. The summed E-state index contributed by atoms with van der Waals surface area (Å²) in [5, 5.41) is 5.53. The number of aryl methyl sites for hydroxylation is 1. The van der Waals surface area contributed by atoms with Crippen LogP contribution in [0.5, 0.6) is 5.75 Å². The van der Waals surface area contributed by atoms with Gasteiger partial charge in [-0.1, -0.05) is 43.4 Å². The number of amides is 1. The molecule has 0 aliphatic carbocycles. The maximum Gasteiger partial charge on any atom is 0.333 e. The molecule has 4 heterocycles. The number of aromatic nitrogens is 4. The topological polar surface area (TPSA) is 101 Å². The van der Waals surface area contributed by atoms with Crippen molar-refractivity contribution in [1.82, 2.24) is 23.8 Å². The fourth-order valence-electron chi connectivity index (χ4n) is 5.82. The summed E-state index contributed by atoms with van der Waals surface area (Å²) in [6, 6.07) is 9.41. The third kappa shape index (κ3) is 5.80. The number of carbonyl (C=O) groups excluding carboxylic acids is 1. The number of rotatable bonds is 10. The number of hydrogen-bond acceptors (Lipinski definition) is 7. The first kappa shape index (κ1) is 30.7. The van der Waals surface area contributed by atoms with E-state index in [1.54, 1.807) is 41.3 Å². The third-order valence-corrected chi connectivity index (χ3v) is 9.39. The van der Waals surface area contributed by atoms with E-state index in [1.165, 1.54) is 11.3 Å². The summed E-state index contributed by atoms with van der Waals surface area (Å²) < 4.78 is 16.6. The number of methoxy groups -OCH3 is 1. The fourth-order valence-corrected chi connectivity index (χ4v) is 7.07. The summed E-state index contributed by atoms with van der Waals surface area (Å²) in [4.78, 5) is 45.1. The first-order chi connectivity index (χ1) is 20.6. The summed E-state index contributed by atoms with van der Waals surface area (Å²) in [6.07, 6.45) is 5.81. The van der Waals surface area contributed by atoms with Gasteiger partial charge in [-0.15, -0.1) is 0 Å². The van der Waals surface area contributed by atoms with Crippen LogP contribution in [0.25, 0.3) is 15.2 Å². The Kier molecular flexibility index (Phi) is 8.94. The molecule has 0 N–H and O–H groups in total. The van der Waals surface area contributed by atoms with E-state index in [2.05, 4.69) is 18.9 Å². The van der Waals surface area contributed by atoms with Crippen LogP contribution in [-0.4, -0.2) is 56.5 Å². The second-order valence-corrected chi connectivity index (χ2v) is 13.0. The second-order valence-electron chi connectivity index (χ2n) is 12.1. The SMILES string of the molecule is COc1ccccc1[C@H](Cn1c(=O)n(C(C)(C)C(=O)N2CCCCC2)c(=O)c2c(C)c(-n3cccn3)sc21)OCC(C)C. The van der Waals surface area contributed by atoms with Gasteiger partial charge in [0.1, 0.15) is 27.2 Å². The van der Waals surface area contributed by atoms with Crippen molar-refractivity contribution < 1.29 is 14.3 Å². The normalized spacial score (nSPS) is 14.9. The number of para-hydroxylation sites is 1. The summed E-state index contributed by atoms with van der Waals surface area (Å²) in [5.41, 5.74) is -0.924. The molecule has 3 aromatic heterocycles. The van der Waals surface area contributed by atoms with E-state index in [0.717, 1.165) is 34.4 Å². The highest BCUT2D eigenvalue weighted by atomic mass is 32.1. The standard InChI is InChI=1S/C32H41N5O5S/c1-21(2)20-42-25(23-13-8-9-14-24(23)41-6)19-35-29-26(22(3)28(43-29)36-18-12-15-33-36)27(38)37(31(35)40)32(4,5)30(39)34-16-10-7-11-17-34/h8-9,12-15,18,21,25H,7,10-11,16-17,19-20H2,1-6H3/t25-/m0/s1. The zero-order valence-corrected chi connectivity index (χ0v) is 26.6. The van der Waals surface area contributed by atoms with Crippen molar-refractivity contribution in [2.75, 3.05) is 26.8 Å². The molecular formula is C32H41N5O5S. The Morgan fingerprint density at radius 2 is 1.81 bits per heavy atom. The van der Waals surface area contributed by atoms with Crippen LogP contribution in [0.15, 0.2) is 52.3 Å². The van der Waals surface area contributed by atoms with Crippen LogP contribution in [0.4, 0.5) is 0 Å². The Balaban J connectivity index is 1.75. The highest BCUT2D eigenvalue weighted by Gasteiger charge is 2.39. The number of hydrogen-bond donors (Lipinski definition) is 0. The van der Waals surface area contributed by atoms with Crippen LogP contribution in [0.3, 0.4) is 0 Å². The van der Waals surface area contributed by atoms with Crippen molar-refractivity contribution >= 4 is 27.5 Å². The summed E-state index contributed by atoms with van der Waals surface area (Å²) in [7, 11) is 1.61. The predicted octanol–water partition coefficient (Wildman–Crippen LogP) is 4.89. The Hall–Kier alpha value is -3.70. The van der Waals surface area contributed by atoms with Crippen molar-refractivity contribution in [1.29, 1.82) is 0 Å². The molecule has 5 rings (SSSR count). The molecule has 1 aliphatic rings. The number of benzene rings is 1. The Bertz CT molecular complexity index is 1710. The molecule has 1 saturated heterocycles. The van der Waals surface area contributed by atoms with Gasteiger partial charge in [0.05, 0.1) is 19.0 Å². The van der Waals surface area contributed by atoms with Crippen molar-refractivity contribution in [3.63, 3.8) is 0 Å². The minimum atomic E-state index is -1.40. The molecule has 1 atom stereocenters. The van der Waals surface area contributed by atoms with E-state index in [1.807, 2.05) is 43.5 Å². The van der Waals surface area contributed by atoms with E-state index >= 15 is 0 Å². The predicted molar refractivity (Wildman–Crippen MR) is 168 cm³/mol. The molecule has 10 nitrogen and oxygen atoms in total. The molecule has 43 heavy (non-hydrogen) atoms. The van der Waals surface area contributed by atoms with Gasteiger partial charge in [-0.2, -0.15) is 5.10 Å². The van der Waals surface area contributed by atoms with Gasteiger partial charge in [-0.3, -0.25) is 14.2 Å². The average molecular weight is 608 g/mol. The molecule has 1 amide bonds. The van der Waals surface area contributed by atoms with Crippen LogP contribution in [0.1, 0.15) is 64.2 Å². The minimum absolute atomic E-state index is 0.120. The van der Waals surface area contributed by atoms with Crippen molar-refractivity contribution in [2.45, 2.75) is 72.1 Å². The van der Waals surface area contributed by atoms with Gasteiger partial charge in [0.25, 0.3) is 5.56 Å². The molecule has 11 heteroatoms. The van der Waals surface area contributed by atoms with Gasteiger partial charge in [-0.05, 0) is 58.1 Å². The lowest BCUT2D eigenvalue weighted by Gasteiger charge is -2.35. The quantitative estimate of drug-likeness (QED) is 0.255. The Morgan fingerprint density at radius 3 is 2.47 bits per heavy atom. The summed E-state index contributed by atoms with van der Waals surface area (Å²) in [5.74, 6) is 0.670. The van der Waals surface area contributed by atoms with Gasteiger partial charge in [-0.25, -0.2) is 14.0 Å². The first-order valence-electron chi connectivity index (χ1n) is 14.9. The molecule has 230 valence electrons. The van der Waals surface area contributed by atoms with Gasteiger partial charge in [0.2, 0.25) is 5.91 Å². The Labute approximate surface area is 255 Å². The smallest absolute Gasteiger partial charge is 0.333 e. The molecule has 0 unspecified atom stereocenters. The summed E-state index contributed by atoms with van der Waals surface area (Å²) >= 11 is 1.33. The fraction of sp³-hybridized carbons (Fsp3) is 0.500. The number of thiophene rings is 1. The lowest BCUT2D eigenvalue weighted by atomic mass is 10.00. The molecule has 4 aromatic rings. The molecule has 0 bridgehead atoms. The van der Waals surface area contributed by atoms with E-state index < -0.39 is 22.9 Å². The zero-order chi connectivity index (χ0) is 30.9. The van der Waals surface area contributed by atoms with E-state index in [0.29, 0.717) is 41.2 Å². The zero-order valence-electron chi connectivity index (χ0n) is 25.8. The molecule has 1 fully saturated rings. The molecule has 1 aliphatic heterocycles. The van der Waals surface area contributed by atoms with Crippen molar-refractivity contribution in [2.24, 2.45) is 5.92 Å². The van der Waals surface area contributed by atoms with Gasteiger partial charge in [0.15, 0.2) is 0 Å². The van der Waals surface area contributed by atoms with Gasteiger partial charge in [0, 0.05) is 43.2 Å². The molecular weight excluding hydrogens is 566 g/mol. The largest absolute Gasteiger partial charge is 0.496 e. The number of nitrogens with zero attached hydrogens (tertiary/aromatic N) is 5.